The van der Waals surface area contributed by atoms with Crippen molar-refractivity contribution in [1.82, 2.24) is 10.7 Å². The zero-order valence-electron chi connectivity index (χ0n) is 14.0. The van der Waals surface area contributed by atoms with Crippen molar-refractivity contribution in [3.05, 3.63) is 65.7 Å². The standard InChI is InChI=1S/C19H21N3O3/c1-14(16-7-9-17(23)10-8-16)21-22-19(25)12-11-18(24)20-13-15-5-3-2-4-6-15/h2-10,23H,11-13H2,1H3,(H,20,24)(H,22,25)/b21-14+. The second kappa shape index (κ2) is 9.22. The van der Waals surface area contributed by atoms with Crippen molar-refractivity contribution in [2.75, 3.05) is 0 Å². The summed E-state index contributed by atoms with van der Waals surface area (Å²) in [6.45, 7) is 2.19. The van der Waals surface area contributed by atoms with E-state index in [1.165, 1.54) is 0 Å². The molecule has 0 saturated carbocycles. The molecule has 2 aromatic carbocycles. The van der Waals surface area contributed by atoms with Crippen LogP contribution in [-0.2, 0) is 16.1 Å². The lowest BCUT2D eigenvalue weighted by Crippen LogP contribution is -2.26. The lowest BCUT2D eigenvalue weighted by Gasteiger charge is -2.05. The number of amides is 2. The maximum absolute atomic E-state index is 11.8. The van der Waals surface area contributed by atoms with E-state index >= 15 is 0 Å². The van der Waals surface area contributed by atoms with Crippen LogP contribution >= 0.6 is 0 Å². The molecule has 0 aromatic heterocycles. The molecule has 130 valence electrons. The third-order valence-electron chi connectivity index (χ3n) is 3.55. The zero-order chi connectivity index (χ0) is 18.1. The molecule has 0 bridgehead atoms. The highest BCUT2D eigenvalue weighted by Gasteiger charge is 2.06. The monoisotopic (exact) mass is 339 g/mol. The van der Waals surface area contributed by atoms with Gasteiger partial charge in [0.1, 0.15) is 5.75 Å². The molecule has 6 nitrogen and oxygen atoms in total. The van der Waals surface area contributed by atoms with Crippen LogP contribution in [0.15, 0.2) is 59.7 Å². The molecule has 0 spiro atoms. The van der Waals surface area contributed by atoms with Crippen molar-refractivity contribution in [3.63, 3.8) is 0 Å². The fourth-order valence-electron chi connectivity index (χ4n) is 2.08. The van der Waals surface area contributed by atoms with Gasteiger partial charge in [-0.05, 0) is 42.3 Å². The summed E-state index contributed by atoms with van der Waals surface area (Å²) in [4.78, 5) is 23.5. The first-order chi connectivity index (χ1) is 12.0. The first kappa shape index (κ1) is 18.2. The Kier molecular flexibility index (Phi) is 6.71. The number of nitrogens with one attached hydrogen (secondary N) is 2. The second-order valence-corrected chi connectivity index (χ2v) is 5.54. The molecule has 2 rings (SSSR count). The van der Waals surface area contributed by atoms with Gasteiger partial charge in [-0.25, -0.2) is 5.43 Å². The highest BCUT2D eigenvalue weighted by Crippen LogP contribution is 2.10. The van der Waals surface area contributed by atoms with E-state index in [0.717, 1.165) is 11.1 Å². The number of hydrogen-bond donors (Lipinski definition) is 3. The summed E-state index contributed by atoms with van der Waals surface area (Å²) in [5.41, 5.74) is 4.84. The Morgan fingerprint density at radius 2 is 1.60 bits per heavy atom. The number of hydrogen-bond acceptors (Lipinski definition) is 4. The third kappa shape index (κ3) is 6.47. The van der Waals surface area contributed by atoms with Crippen molar-refractivity contribution in [2.24, 2.45) is 5.10 Å². The third-order valence-corrected chi connectivity index (χ3v) is 3.55. The van der Waals surface area contributed by atoms with Gasteiger partial charge in [0.15, 0.2) is 0 Å². The van der Waals surface area contributed by atoms with Crippen LogP contribution in [0.4, 0.5) is 0 Å². The maximum atomic E-state index is 11.8. The zero-order valence-corrected chi connectivity index (χ0v) is 14.0. The van der Waals surface area contributed by atoms with E-state index in [-0.39, 0.29) is 30.4 Å². The summed E-state index contributed by atoms with van der Waals surface area (Å²) in [5.74, 6) is -0.340. The van der Waals surface area contributed by atoms with Crippen molar-refractivity contribution in [2.45, 2.75) is 26.3 Å². The van der Waals surface area contributed by atoms with Gasteiger partial charge in [0, 0.05) is 19.4 Å². The quantitative estimate of drug-likeness (QED) is 0.534. The highest BCUT2D eigenvalue weighted by molar-refractivity contribution is 5.99. The van der Waals surface area contributed by atoms with Crippen molar-refractivity contribution < 1.29 is 14.7 Å². The van der Waals surface area contributed by atoms with Gasteiger partial charge in [0.25, 0.3) is 0 Å². The fraction of sp³-hybridized carbons (Fsp3) is 0.211. The van der Waals surface area contributed by atoms with Crippen LogP contribution in [0.2, 0.25) is 0 Å². The molecule has 6 heteroatoms. The van der Waals surface area contributed by atoms with Crippen LogP contribution in [-0.4, -0.2) is 22.6 Å². The summed E-state index contributed by atoms with van der Waals surface area (Å²) in [6.07, 6.45) is 0.166. The molecule has 0 aliphatic heterocycles. The highest BCUT2D eigenvalue weighted by atomic mass is 16.3. The number of benzene rings is 2. The Balaban J connectivity index is 1.71. The summed E-state index contributed by atoms with van der Waals surface area (Å²) >= 11 is 0. The number of carbonyl (C=O) groups is 2. The molecular formula is C19H21N3O3. The molecule has 3 N–H and O–H groups in total. The second-order valence-electron chi connectivity index (χ2n) is 5.54. The number of rotatable bonds is 7. The average molecular weight is 339 g/mol. The SMILES string of the molecule is C/C(=N\NC(=O)CCC(=O)NCc1ccccc1)c1ccc(O)cc1. The maximum Gasteiger partial charge on any atom is 0.240 e. The molecular weight excluding hydrogens is 318 g/mol. The van der Waals surface area contributed by atoms with Crippen molar-refractivity contribution >= 4 is 17.5 Å². The number of carbonyl (C=O) groups excluding carboxylic acids is 2. The van der Waals surface area contributed by atoms with Gasteiger partial charge in [-0.15, -0.1) is 0 Å². The van der Waals surface area contributed by atoms with Crippen molar-refractivity contribution in [3.8, 4) is 5.75 Å². The van der Waals surface area contributed by atoms with Gasteiger partial charge in [0.2, 0.25) is 11.8 Å². The minimum atomic E-state index is -0.326. The molecule has 0 heterocycles. The summed E-state index contributed by atoms with van der Waals surface area (Å²) in [7, 11) is 0. The van der Waals surface area contributed by atoms with Crippen LogP contribution in [0.1, 0.15) is 30.9 Å². The minimum Gasteiger partial charge on any atom is -0.508 e. The smallest absolute Gasteiger partial charge is 0.240 e. The van der Waals surface area contributed by atoms with E-state index in [1.54, 1.807) is 31.2 Å². The lowest BCUT2D eigenvalue weighted by atomic mass is 10.1. The average Bonchev–Trinajstić information content (AvgIpc) is 2.64. The molecule has 0 fully saturated rings. The molecule has 0 unspecified atom stereocenters. The molecule has 2 aromatic rings. The van der Waals surface area contributed by atoms with Gasteiger partial charge in [-0.1, -0.05) is 30.3 Å². The van der Waals surface area contributed by atoms with Crippen LogP contribution in [0, 0.1) is 0 Å². The molecule has 0 radical (unpaired) electrons. The Morgan fingerprint density at radius 1 is 0.960 bits per heavy atom. The van der Waals surface area contributed by atoms with E-state index < -0.39 is 0 Å². The minimum absolute atomic E-state index is 0.0625. The molecule has 0 aliphatic carbocycles. The van der Waals surface area contributed by atoms with E-state index in [2.05, 4.69) is 15.8 Å². The van der Waals surface area contributed by atoms with Crippen LogP contribution in [0.3, 0.4) is 0 Å². The van der Waals surface area contributed by atoms with Crippen LogP contribution < -0.4 is 10.7 Å². The largest absolute Gasteiger partial charge is 0.508 e. The Bertz CT molecular complexity index is 740. The number of hydrazone groups is 1. The summed E-state index contributed by atoms with van der Waals surface area (Å²) < 4.78 is 0. The van der Waals surface area contributed by atoms with Crippen LogP contribution in [0.25, 0.3) is 0 Å². The van der Waals surface area contributed by atoms with Crippen LogP contribution in [0.5, 0.6) is 5.75 Å². The van der Waals surface area contributed by atoms with E-state index in [1.807, 2.05) is 30.3 Å². The fourth-order valence-corrected chi connectivity index (χ4v) is 2.08. The number of phenolic OH excluding ortho intramolecular Hbond substituents is 1. The first-order valence-corrected chi connectivity index (χ1v) is 7.98. The predicted molar refractivity (Wildman–Crippen MR) is 96.0 cm³/mol. The summed E-state index contributed by atoms with van der Waals surface area (Å²) in [5, 5.41) is 16.0. The molecule has 0 saturated heterocycles. The summed E-state index contributed by atoms with van der Waals surface area (Å²) in [6, 6.07) is 16.1. The van der Waals surface area contributed by atoms with Gasteiger partial charge in [0.05, 0.1) is 5.71 Å². The molecule has 2 amide bonds. The molecule has 25 heavy (non-hydrogen) atoms. The number of nitrogens with zero attached hydrogens (tertiary/aromatic N) is 1. The van der Waals surface area contributed by atoms with Gasteiger partial charge in [-0.2, -0.15) is 5.10 Å². The Labute approximate surface area is 146 Å². The van der Waals surface area contributed by atoms with E-state index in [9.17, 15) is 14.7 Å². The van der Waals surface area contributed by atoms with Gasteiger partial charge >= 0.3 is 0 Å². The molecule has 0 aliphatic rings. The Hall–Kier alpha value is -3.15. The van der Waals surface area contributed by atoms with Gasteiger partial charge < -0.3 is 10.4 Å². The normalized spacial score (nSPS) is 11.0. The lowest BCUT2D eigenvalue weighted by molar-refractivity contribution is -0.126. The number of phenols is 1. The van der Waals surface area contributed by atoms with E-state index in [0.29, 0.717) is 12.3 Å². The Morgan fingerprint density at radius 3 is 2.28 bits per heavy atom. The van der Waals surface area contributed by atoms with E-state index in [4.69, 9.17) is 0 Å². The molecule has 0 atom stereocenters. The van der Waals surface area contributed by atoms with Gasteiger partial charge in [-0.3, -0.25) is 9.59 Å². The first-order valence-electron chi connectivity index (χ1n) is 7.98. The number of aromatic hydroxyl groups is 1. The topological polar surface area (TPSA) is 90.8 Å². The van der Waals surface area contributed by atoms with Crippen molar-refractivity contribution in [1.29, 1.82) is 0 Å². The predicted octanol–water partition coefficient (Wildman–Crippen LogP) is 2.33.